The molecule has 0 radical (unpaired) electrons. The lowest BCUT2D eigenvalue weighted by Gasteiger charge is -2.21. The van der Waals surface area contributed by atoms with Gasteiger partial charge < -0.3 is 5.32 Å². The summed E-state index contributed by atoms with van der Waals surface area (Å²) in [4.78, 5) is 6.85. The van der Waals surface area contributed by atoms with E-state index in [1.807, 2.05) is 12.3 Å². The standard InChI is InChI=1S/C17H21N3/c1-2-20(13-16-8-3-4-10-18-16)12-15-7-5-6-14-9-11-19-17(14)15/h3-8,10,19H,2,9,11-13H2,1H3. The lowest BCUT2D eigenvalue weighted by atomic mass is 10.1. The van der Waals surface area contributed by atoms with Crippen molar-refractivity contribution in [2.75, 3.05) is 18.4 Å². The Balaban J connectivity index is 1.74. The first-order chi connectivity index (χ1) is 9.86. The summed E-state index contributed by atoms with van der Waals surface area (Å²) < 4.78 is 0. The lowest BCUT2D eigenvalue weighted by Crippen LogP contribution is -2.23. The molecule has 0 saturated carbocycles. The van der Waals surface area contributed by atoms with Gasteiger partial charge in [-0.15, -0.1) is 0 Å². The normalized spacial score (nSPS) is 13.3. The second-order valence-electron chi connectivity index (χ2n) is 5.25. The molecule has 3 rings (SSSR count). The van der Waals surface area contributed by atoms with Crippen LogP contribution in [0.1, 0.15) is 23.7 Å². The molecule has 3 heteroatoms. The maximum absolute atomic E-state index is 4.42. The molecule has 2 aromatic rings. The van der Waals surface area contributed by atoms with Crippen LogP contribution in [0.15, 0.2) is 42.6 Å². The zero-order valence-electron chi connectivity index (χ0n) is 12.0. The lowest BCUT2D eigenvalue weighted by molar-refractivity contribution is 0.268. The zero-order chi connectivity index (χ0) is 13.8. The summed E-state index contributed by atoms with van der Waals surface area (Å²) in [6, 6.07) is 12.8. The molecule has 2 heterocycles. The Morgan fingerprint density at radius 3 is 2.90 bits per heavy atom. The first-order valence-corrected chi connectivity index (χ1v) is 7.33. The highest BCUT2D eigenvalue weighted by atomic mass is 15.1. The van der Waals surface area contributed by atoms with E-state index < -0.39 is 0 Å². The fraction of sp³-hybridized carbons (Fsp3) is 0.353. The number of nitrogens with one attached hydrogen (secondary N) is 1. The number of hydrogen-bond donors (Lipinski definition) is 1. The van der Waals surface area contributed by atoms with E-state index in [0.717, 1.165) is 38.3 Å². The van der Waals surface area contributed by atoms with Gasteiger partial charge in [0.2, 0.25) is 0 Å². The molecule has 0 amide bonds. The molecule has 1 aliphatic rings. The Bertz CT molecular complexity index is 566. The number of nitrogens with zero attached hydrogens (tertiary/aromatic N) is 2. The molecule has 1 aliphatic heterocycles. The van der Waals surface area contributed by atoms with Crippen LogP contribution in [-0.4, -0.2) is 23.0 Å². The maximum atomic E-state index is 4.42. The van der Waals surface area contributed by atoms with Crippen molar-refractivity contribution in [3.05, 3.63) is 59.4 Å². The number of fused-ring (bicyclic) bond motifs is 1. The second kappa shape index (κ2) is 6.06. The molecule has 0 saturated heterocycles. The van der Waals surface area contributed by atoms with E-state index in [9.17, 15) is 0 Å². The summed E-state index contributed by atoms with van der Waals surface area (Å²) in [7, 11) is 0. The minimum Gasteiger partial charge on any atom is -0.384 e. The Morgan fingerprint density at radius 2 is 2.10 bits per heavy atom. The number of anilines is 1. The van der Waals surface area contributed by atoms with E-state index in [1.54, 1.807) is 0 Å². The molecule has 1 aromatic carbocycles. The predicted octanol–water partition coefficient (Wildman–Crippen LogP) is 3.07. The van der Waals surface area contributed by atoms with Gasteiger partial charge in [-0.3, -0.25) is 9.88 Å². The molecule has 0 aliphatic carbocycles. The Kier molecular flexibility index (Phi) is 3.97. The van der Waals surface area contributed by atoms with Gasteiger partial charge in [0.1, 0.15) is 0 Å². The predicted molar refractivity (Wildman–Crippen MR) is 82.7 cm³/mol. The number of para-hydroxylation sites is 1. The molecule has 0 fully saturated rings. The molecular formula is C17H21N3. The van der Waals surface area contributed by atoms with Crippen molar-refractivity contribution in [3.8, 4) is 0 Å². The smallest absolute Gasteiger partial charge is 0.0544 e. The van der Waals surface area contributed by atoms with Crippen molar-refractivity contribution < 1.29 is 0 Å². The summed E-state index contributed by atoms with van der Waals surface area (Å²) >= 11 is 0. The third-order valence-electron chi connectivity index (χ3n) is 3.89. The van der Waals surface area contributed by atoms with E-state index >= 15 is 0 Å². The summed E-state index contributed by atoms with van der Waals surface area (Å²) in [5.74, 6) is 0. The van der Waals surface area contributed by atoms with Gasteiger partial charge in [0.15, 0.2) is 0 Å². The van der Waals surface area contributed by atoms with Crippen LogP contribution in [0.5, 0.6) is 0 Å². The van der Waals surface area contributed by atoms with Crippen molar-refractivity contribution in [1.29, 1.82) is 0 Å². The number of benzene rings is 1. The van der Waals surface area contributed by atoms with Crippen molar-refractivity contribution in [3.63, 3.8) is 0 Å². The number of aromatic nitrogens is 1. The minimum absolute atomic E-state index is 0.904. The molecule has 0 spiro atoms. The van der Waals surface area contributed by atoms with Crippen LogP contribution in [0.2, 0.25) is 0 Å². The van der Waals surface area contributed by atoms with Crippen LogP contribution < -0.4 is 5.32 Å². The van der Waals surface area contributed by atoms with Crippen molar-refractivity contribution in [2.45, 2.75) is 26.4 Å². The summed E-state index contributed by atoms with van der Waals surface area (Å²) in [6.45, 7) is 6.18. The Morgan fingerprint density at radius 1 is 1.15 bits per heavy atom. The van der Waals surface area contributed by atoms with Gasteiger partial charge in [0.05, 0.1) is 5.69 Å². The fourth-order valence-corrected chi connectivity index (χ4v) is 2.78. The molecule has 0 atom stereocenters. The average molecular weight is 267 g/mol. The molecule has 3 nitrogen and oxygen atoms in total. The highest BCUT2D eigenvalue weighted by molar-refractivity contribution is 5.61. The van der Waals surface area contributed by atoms with E-state index in [4.69, 9.17) is 0 Å². The molecule has 104 valence electrons. The van der Waals surface area contributed by atoms with E-state index in [0.29, 0.717) is 0 Å². The quantitative estimate of drug-likeness (QED) is 0.902. The molecular weight excluding hydrogens is 246 g/mol. The van der Waals surface area contributed by atoms with Gasteiger partial charge in [-0.25, -0.2) is 0 Å². The summed E-state index contributed by atoms with van der Waals surface area (Å²) in [5, 5.41) is 3.52. The van der Waals surface area contributed by atoms with Crippen molar-refractivity contribution >= 4 is 5.69 Å². The maximum Gasteiger partial charge on any atom is 0.0544 e. The first-order valence-electron chi connectivity index (χ1n) is 7.33. The topological polar surface area (TPSA) is 28.2 Å². The third-order valence-corrected chi connectivity index (χ3v) is 3.89. The Labute approximate surface area is 120 Å². The van der Waals surface area contributed by atoms with Crippen LogP contribution in [0.4, 0.5) is 5.69 Å². The highest BCUT2D eigenvalue weighted by Gasteiger charge is 2.15. The molecule has 1 N–H and O–H groups in total. The average Bonchev–Trinajstić information content (AvgIpc) is 2.97. The zero-order valence-corrected chi connectivity index (χ0v) is 12.0. The summed E-state index contributed by atoms with van der Waals surface area (Å²) in [5.41, 5.74) is 5.34. The number of pyridine rings is 1. The van der Waals surface area contributed by atoms with Gasteiger partial charge in [0, 0.05) is 31.5 Å². The molecule has 1 aromatic heterocycles. The number of rotatable bonds is 5. The van der Waals surface area contributed by atoms with E-state index in [-0.39, 0.29) is 0 Å². The van der Waals surface area contributed by atoms with Crippen LogP contribution in [0, 0.1) is 0 Å². The van der Waals surface area contributed by atoms with Crippen molar-refractivity contribution in [1.82, 2.24) is 9.88 Å². The minimum atomic E-state index is 0.904. The monoisotopic (exact) mass is 267 g/mol. The molecule has 0 unspecified atom stereocenters. The highest BCUT2D eigenvalue weighted by Crippen LogP contribution is 2.27. The van der Waals surface area contributed by atoms with Crippen molar-refractivity contribution in [2.24, 2.45) is 0 Å². The fourth-order valence-electron chi connectivity index (χ4n) is 2.78. The van der Waals surface area contributed by atoms with E-state index in [2.05, 4.69) is 52.5 Å². The van der Waals surface area contributed by atoms with Gasteiger partial charge in [-0.05, 0) is 36.2 Å². The van der Waals surface area contributed by atoms with Gasteiger partial charge in [-0.1, -0.05) is 31.2 Å². The summed E-state index contributed by atoms with van der Waals surface area (Å²) in [6.07, 6.45) is 3.01. The van der Waals surface area contributed by atoms with Crippen LogP contribution in [0.25, 0.3) is 0 Å². The molecule has 20 heavy (non-hydrogen) atoms. The third kappa shape index (κ3) is 2.83. The van der Waals surface area contributed by atoms with Gasteiger partial charge >= 0.3 is 0 Å². The van der Waals surface area contributed by atoms with Crippen LogP contribution in [0.3, 0.4) is 0 Å². The Hall–Kier alpha value is -1.87. The van der Waals surface area contributed by atoms with E-state index in [1.165, 1.54) is 16.8 Å². The number of hydrogen-bond acceptors (Lipinski definition) is 3. The second-order valence-corrected chi connectivity index (χ2v) is 5.25. The van der Waals surface area contributed by atoms with Crippen LogP contribution in [-0.2, 0) is 19.5 Å². The van der Waals surface area contributed by atoms with Gasteiger partial charge in [0.25, 0.3) is 0 Å². The first kappa shape index (κ1) is 13.1. The largest absolute Gasteiger partial charge is 0.384 e. The SMILES string of the molecule is CCN(Cc1ccccn1)Cc1cccc2c1NCC2. The molecule has 0 bridgehead atoms. The van der Waals surface area contributed by atoms with Gasteiger partial charge in [-0.2, -0.15) is 0 Å². The van der Waals surface area contributed by atoms with Crippen LogP contribution >= 0.6 is 0 Å².